The first-order valence-electron chi connectivity index (χ1n) is 9.86. The number of para-hydroxylation sites is 2. The molecule has 0 saturated heterocycles. The van der Waals surface area contributed by atoms with Crippen LogP contribution in [0.2, 0.25) is 0 Å². The van der Waals surface area contributed by atoms with Crippen molar-refractivity contribution in [3.8, 4) is 11.5 Å². The van der Waals surface area contributed by atoms with Crippen LogP contribution in [0.25, 0.3) is 11.0 Å². The number of nitrogens with one attached hydrogen (secondary N) is 2. The Balaban J connectivity index is 0.00000320. The summed E-state index contributed by atoms with van der Waals surface area (Å²) in [7, 11) is 3.39. The average molecular weight is 523 g/mol. The highest BCUT2D eigenvalue weighted by Crippen LogP contribution is 2.30. The number of aryl methyl sites for hydroxylation is 2. The predicted molar refractivity (Wildman–Crippen MR) is 134 cm³/mol. The molecule has 0 spiro atoms. The molecule has 0 aliphatic rings. The zero-order chi connectivity index (χ0) is 20.6. The number of aliphatic imine (C=N–C) groups is 1. The van der Waals surface area contributed by atoms with Crippen LogP contribution in [0.1, 0.15) is 19.2 Å². The van der Waals surface area contributed by atoms with Crippen LogP contribution < -0.4 is 20.1 Å². The van der Waals surface area contributed by atoms with E-state index < -0.39 is 0 Å². The van der Waals surface area contributed by atoms with Gasteiger partial charge in [-0.05, 0) is 44.5 Å². The smallest absolute Gasteiger partial charge is 0.195 e. The highest BCUT2D eigenvalue weighted by molar-refractivity contribution is 14.0. The zero-order valence-corrected chi connectivity index (χ0v) is 20.3. The van der Waals surface area contributed by atoms with Crippen molar-refractivity contribution in [2.24, 2.45) is 4.99 Å². The Bertz CT molecular complexity index is 987. The summed E-state index contributed by atoms with van der Waals surface area (Å²) in [4.78, 5) is 8.92. The molecule has 0 radical (unpaired) electrons. The molecule has 0 atom stereocenters. The van der Waals surface area contributed by atoms with Gasteiger partial charge in [-0.15, -0.1) is 24.0 Å². The number of aromatic nitrogens is 2. The second-order valence-corrected chi connectivity index (χ2v) is 6.58. The number of ether oxygens (including phenoxy) is 2. The number of fused-ring (bicyclic) bond motifs is 1. The topological polar surface area (TPSA) is 72.7 Å². The normalized spacial score (nSPS) is 11.1. The summed E-state index contributed by atoms with van der Waals surface area (Å²) >= 11 is 0. The third-order valence-corrected chi connectivity index (χ3v) is 4.65. The molecule has 0 aliphatic heterocycles. The fourth-order valence-electron chi connectivity index (χ4n) is 3.26. The van der Waals surface area contributed by atoms with Crippen LogP contribution in [0.5, 0.6) is 11.5 Å². The van der Waals surface area contributed by atoms with Crippen LogP contribution in [0.3, 0.4) is 0 Å². The molecule has 0 saturated carbocycles. The van der Waals surface area contributed by atoms with Gasteiger partial charge in [-0.3, -0.25) is 4.99 Å². The van der Waals surface area contributed by atoms with Crippen molar-refractivity contribution in [2.75, 3.05) is 32.6 Å². The first-order chi connectivity index (χ1) is 14.2. The molecule has 2 aromatic carbocycles. The number of guanidine groups is 1. The molecule has 0 aliphatic carbocycles. The van der Waals surface area contributed by atoms with Gasteiger partial charge < -0.3 is 24.7 Å². The zero-order valence-electron chi connectivity index (χ0n) is 17.9. The van der Waals surface area contributed by atoms with Crippen molar-refractivity contribution in [3.63, 3.8) is 0 Å². The lowest BCUT2D eigenvalue weighted by atomic mass is 10.2. The van der Waals surface area contributed by atoms with Gasteiger partial charge in [-0.1, -0.05) is 12.1 Å². The monoisotopic (exact) mass is 523 g/mol. The third-order valence-electron chi connectivity index (χ3n) is 4.65. The summed E-state index contributed by atoms with van der Waals surface area (Å²) in [6.45, 7) is 6.28. The number of benzene rings is 2. The molecule has 0 amide bonds. The van der Waals surface area contributed by atoms with E-state index in [1.165, 1.54) is 5.52 Å². The standard InChI is InChI=1S/C22H29N5O2.HI/c1-5-29-20-12-11-17(15-21(20)28-4)26-22(23-3)24-13-8-14-27-16(2)25-18-9-6-7-10-19(18)27;/h6-7,9-12,15H,5,8,13-14H2,1-4H3,(H2,23,24,26);1H. The predicted octanol–water partition coefficient (Wildman–Crippen LogP) is 4.45. The van der Waals surface area contributed by atoms with E-state index >= 15 is 0 Å². The Morgan fingerprint density at radius 2 is 1.97 bits per heavy atom. The van der Waals surface area contributed by atoms with Crippen LogP contribution in [-0.2, 0) is 6.54 Å². The maximum atomic E-state index is 5.56. The Labute approximate surface area is 194 Å². The molecule has 30 heavy (non-hydrogen) atoms. The Morgan fingerprint density at radius 1 is 1.17 bits per heavy atom. The van der Waals surface area contributed by atoms with Crippen molar-refractivity contribution in [2.45, 2.75) is 26.8 Å². The summed E-state index contributed by atoms with van der Waals surface area (Å²) in [6.07, 6.45) is 0.953. The summed E-state index contributed by atoms with van der Waals surface area (Å²) in [6, 6.07) is 14.0. The largest absolute Gasteiger partial charge is 0.493 e. The fraction of sp³-hybridized carbons (Fsp3) is 0.364. The lowest BCUT2D eigenvalue weighted by Gasteiger charge is -2.15. The maximum Gasteiger partial charge on any atom is 0.195 e. The van der Waals surface area contributed by atoms with Crippen molar-refractivity contribution in [1.29, 1.82) is 0 Å². The van der Waals surface area contributed by atoms with Crippen LogP contribution in [0, 0.1) is 6.92 Å². The summed E-state index contributed by atoms with van der Waals surface area (Å²) < 4.78 is 13.2. The molecule has 8 heteroatoms. The van der Waals surface area contributed by atoms with E-state index in [1.54, 1.807) is 14.2 Å². The van der Waals surface area contributed by atoms with E-state index in [-0.39, 0.29) is 24.0 Å². The first kappa shape index (κ1) is 23.8. The number of hydrogen-bond acceptors (Lipinski definition) is 4. The number of methoxy groups -OCH3 is 1. The van der Waals surface area contributed by atoms with Crippen LogP contribution >= 0.6 is 24.0 Å². The molecule has 1 heterocycles. The maximum absolute atomic E-state index is 5.56. The molecule has 162 valence electrons. The first-order valence-corrected chi connectivity index (χ1v) is 9.86. The van der Waals surface area contributed by atoms with Crippen molar-refractivity contribution in [1.82, 2.24) is 14.9 Å². The SMILES string of the molecule is CCOc1ccc(NC(=NC)NCCCn2c(C)nc3ccccc32)cc1OC.I. The van der Waals surface area contributed by atoms with E-state index in [4.69, 9.17) is 9.47 Å². The van der Waals surface area contributed by atoms with Crippen LogP contribution in [0.4, 0.5) is 5.69 Å². The molecule has 7 nitrogen and oxygen atoms in total. The minimum atomic E-state index is 0. The molecule has 1 aromatic heterocycles. The van der Waals surface area contributed by atoms with Gasteiger partial charge >= 0.3 is 0 Å². The third kappa shape index (κ3) is 5.78. The molecule has 2 N–H and O–H groups in total. The molecule has 0 fully saturated rings. The van der Waals surface area contributed by atoms with Gasteiger partial charge in [0.2, 0.25) is 0 Å². The minimum Gasteiger partial charge on any atom is -0.493 e. The van der Waals surface area contributed by atoms with Gasteiger partial charge in [-0.2, -0.15) is 0 Å². The molecule has 3 rings (SSSR count). The lowest BCUT2D eigenvalue weighted by Crippen LogP contribution is -2.31. The van der Waals surface area contributed by atoms with E-state index in [9.17, 15) is 0 Å². The Kier molecular flexibility index (Phi) is 9.22. The van der Waals surface area contributed by atoms with Gasteiger partial charge in [-0.25, -0.2) is 4.98 Å². The van der Waals surface area contributed by atoms with E-state index in [0.717, 1.165) is 42.3 Å². The molecular formula is C22H30IN5O2. The summed E-state index contributed by atoms with van der Waals surface area (Å²) in [5.41, 5.74) is 3.10. The van der Waals surface area contributed by atoms with Crippen molar-refractivity contribution >= 4 is 46.7 Å². The second kappa shape index (κ2) is 11.6. The van der Waals surface area contributed by atoms with Gasteiger partial charge in [0, 0.05) is 31.9 Å². The van der Waals surface area contributed by atoms with Gasteiger partial charge in [0.25, 0.3) is 0 Å². The number of halogens is 1. The van der Waals surface area contributed by atoms with E-state index in [1.807, 2.05) is 44.2 Å². The number of hydrogen-bond donors (Lipinski definition) is 2. The highest BCUT2D eigenvalue weighted by Gasteiger charge is 2.08. The minimum absolute atomic E-state index is 0. The van der Waals surface area contributed by atoms with Gasteiger partial charge in [0.1, 0.15) is 5.82 Å². The van der Waals surface area contributed by atoms with Crippen molar-refractivity contribution < 1.29 is 9.47 Å². The molecule has 0 unspecified atom stereocenters. The van der Waals surface area contributed by atoms with Crippen molar-refractivity contribution in [3.05, 3.63) is 48.3 Å². The molecule has 3 aromatic rings. The van der Waals surface area contributed by atoms with Gasteiger partial charge in [0.15, 0.2) is 17.5 Å². The molecular weight excluding hydrogens is 493 g/mol. The van der Waals surface area contributed by atoms with Crippen LogP contribution in [0.15, 0.2) is 47.5 Å². The number of nitrogens with zero attached hydrogens (tertiary/aromatic N) is 3. The number of rotatable bonds is 8. The average Bonchev–Trinajstić information content (AvgIpc) is 3.06. The highest BCUT2D eigenvalue weighted by atomic mass is 127. The molecule has 0 bridgehead atoms. The van der Waals surface area contributed by atoms with Crippen LogP contribution in [-0.4, -0.2) is 42.8 Å². The fourth-order valence-corrected chi connectivity index (χ4v) is 3.26. The van der Waals surface area contributed by atoms with E-state index in [0.29, 0.717) is 18.3 Å². The second-order valence-electron chi connectivity index (χ2n) is 6.58. The summed E-state index contributed by atoms with van der Waals surface area (Å²) in [5, 5.41) is 6.65. The van der Waals surface area contributed by atoms with Gasteiger partial charge in [0.05, 0.1) is 24.8 Å². The number of anilines is 1. The van der Waals surface area contributed by atoms with E-state index in [2.05, 4.69) is 37.3 Å². The Hall–Kier alpha value is -2.49. The Morgan fingerprint density at radius 3 is 2.70 bits per heavy atom. The quantitative estimate of drug-likeness (QED) is 0.198. The number of imidazole rings is 1. The lowest BCUT2D eigenvalue weighted by molar-refractivity contribution is 0.311. The summed E-state index contributed by atoms with van der Waals surface area (Å²) in [5.74, 6) is 3.17.